The monoisotopic (exact) mass is 276 g/mol. The van der Waals surface area contributed by atoms with Crippen molar-refractivity contribution in [2.24, 2.45) is 0 Å². The highest BCUT2D eigenvalue weighted by Gasteiger charge is 2.02. The molecule has 0 aliphatic carbocycles. The highest BCUT2D eigenvalue weighted by atomic mass is 79.9. The van der Waals surface area contributed by atoms with Crippen molar-refractivity contribution < 1.29 is 0 Å². The van der Waals surface area contributed by atoms with Crippen LogP contribution in [0.2, 0.25) is 0 Å². The third-order valence-corrected chi connectivity index (χ3v) is 2.62. The topological polar surface area (TPSA) is 64.5 Å². The third kappa shape index (κ3) is 2.41. The van der Waals surface area contributed by atoms with Crippen molar-refractivity contribution >= 4 is 21.6 Å². The molecule has 2 aromatic rings. The number of aromatic amines is 1. The molecule has 80 valence electrons. The van der Waals surface area contributed by atoms with Gasteiger partial charge in [0.1, 0.15) is 6.07 Å². The summed E-state index contributed by atoms with van der Waals surface area (Å²) >= 11 is 3.33. The Morgan fingerprint density at radius 1 is 1.44 bits per heavy atom. The molecule has 1 aromatic carbocycles. The molecular weight excluding hydrogens is 268 g/mol. The second-order valence-corrected chi connectivity index (χ2v) is 4.15. The summed E-state index contributed by atoms with van der Waals surface area (Å²) in [6, 6.07) is 9.59. The normalized spacial score (nSPS) is 9.75. The molecule has 1 heterocycles. The average molecular weight is 277 g/mol. The molecule has 0 unspecified atom stereocenters. The van der Waals surface area contributed by atoms with E-state index in [9.17, 15) is 0 Å². The molecule has 1 aromatic heterocycles. The molecule has 0 radical (unpaired) electrons. The van der Waals surface area contributed by atoms with E-state index in [1.807, 2.05) is 18.2 Å². The predicted molar refractivity (Wildman–Crippen MR) is 64.8 cm³/mol. The highest BCUT2D eigenvalue weighted by Crippen LogP contribution is 2.20. The van der Waals surface area contributed by atoms with Crippen LogP contribution in [0.15, 0.2) is 34.9 Å². The van der Waals surface area contributed by atoms with E-state index in [0.29, 0.717) is 12.1 Å². The van der Waals surface area contributed by atoms with Gasteiger partial charge in [-0.1, -0.05) is 15.9 Å². The van der Waals surface area contributed by atoms with Crippen molar-refractivity contribution in [1.29, 1.82) is 5.26 Å². The molecule has 2 N–H and O–H groups in total. The van der Waals surface area contributed by atoms with Crippen molar-refractivity contribution in [3.8, 4) is 6.07 Å². The zero-order chi connectivity index (χ0) is 11.4. The second-order valence-electron chi connectivity index (χ2n) is 3.24. The first-order valence-corrected chi connectivity index (χ1v) is 5.50. The molecule has 4 nitrogen and oxygen atoms in total. The van der Waals surface area contributed by atoms with Gasteiger partial charge < -0.3 is 5.32 Å². The van der Waals surface area contributed by atoms with Crippen LogP contribution in [-0.4, -0.2) is 10.2 Å². The maximum absolute atomic E-state index is 8.97. The minimum atomic E-state index is 0.619. The number of anilines is 1. The summed E-state index contributed by atoms with van der Waals surface area (Å²) in [7, 11) is 0. The van der Waals surface area contributed by atoms with Gasteiger partial charge in [-0.25, -0.2) is 0 Å². The number of H-pyrrole nitrogens is 1. The number of hydrogen-bond donors (Lipinski definition) is 2. The first-order valence-electron chi connectivity index (χ1n) is 4.71. The van der Waals surface area contributed by atoms with Crippen molar-refractivity contribution in [3.63, 3.8) is 0 Å². The summed E-state index contributed by atoms with van der Waals surface area (Å²) in [5.74, 6) is 0. The second kappa shape index (κ2) is 4.81. The number of halogens is 1. The SMILES string of the molecule is N#Cc1cc(Br)ccc1NCc1ccn[nH]1. The van der Waals surface area contributed by atoms with Gasteiger partial charge in [-0.15, -0.1) is 0 Å². The number of nitrogens with zero attached hydrogens (tertiary/aromatic N) is 2. The number of nitriles is 1. The number of rotatable bonds is 3. The van der Waals surface area contributed by atoms with E-state index in [-0.39, 0.29) is 0 Å². The van der Waals surface area contributed by atoms with Gasteiger partial charge in [0.2, 0.25) is 0 Å². The maximum atomic E-state index is 8.97. The molecule has 5 heteroatoms. The van der Waals surface area contributed by atoms with Crippen LogP contribution in [0.1, 0.15) is 11.3 Å². The van der Waals surface area contributed by atoms with Crippen molar-refractivity contribution in [2.45, 2.75) is 6.54 Å². The van der Waals surface area contributed by atoms with Crippen molar-refractivity contribution in [3.05, 3.63) is 46.2 Å². The molecule has 0 aliphatic rings. The molecule has 16 heavy (non-hydrogen) atoms. The summed E-state index contributed by atoms with van der Waals surface area (Å²) in [5.41, 5.74) is 2.42. The van der Waals surface area contributed by atoms with Gasteiger partial charge in [-0.05, 0) is 24.3 Å². The Balaban J connectivity index is 2.13. The van der Waals surface area contributed by atoms with Crippen molar-refractivity contribution in [2.75, 3.05) is 5.32 Å². The quantitative estimate of drug-likeness (QED) is 0.906. The summed E-state index contributed by atoms with van der Waals surface area (Å²) in [5, 5.41) is 18.9. The van der Waals surface area contributed by atoms with Crippen LogP contribution in [0.3, 0.4) is 0 Å². The zero-order valence-corrected chi connectivity index (χ0v) is 9.95. The lowest BCUT2D eigenvalue weighted by Crippen LogP contribution is -2.01. The van der Waals surface area contributed by atoms with Crippen LogP contribution in [0.5, 0.6) is 0 Å². The first-order chi connectivity index (χ1) is 7.79. The largest absolute Gasteiger partial charge is 0.378 e. The van der Waals surface area contributed by atoms with Crippen LogP contribution in [0.25, 0.3) is 0 Å². The van der Waals surface area contributed by atoms with Gasteiger partial charge in [-0.2, -0.15) is 10.4 Å². The van der Waals surface area contributed by atoms with Gasteiger partial charge in [0.25, 0.3) is 0 Å². The van der Waals surface area contributed by atoms with E-state index in [2.05, 4.69) is 37.5 Å². The van der Waals surface area contributed by atoms with Crippen LogP contribution >= 0.6 is 15.9 Å². The van der Waals surface area contributed by atoms with E-state index in [0.717, 1.165) is 15.9 Å². The van der Waals surface area contributed by atoms with Crippen molar-refractivity contribution in [1.82, 2.24) is 10.2 Å². The number of nitrogens with one attached hydrogen (secondary N) is 2. The lowest BCUT2D eigenvalue weighted by Gasteiger charge is -2.06. The molecule has 2 rings (SSSR count). The van der Waals surface area contributed by atoms with Crippen LogP contribution in [0, 0.1) is 11.3 Å². The molecule has 0 amide bonds. The van der Waals surface area contributed by atoms with Gasteiger partial charge >= 0.3 is 0 Å². The Morgan fingerprint density at radius 2 is 2.31 bits per heavy atom. The summed E-state index contributed by atoms with van der Waals surface area (Å²) < 4.78 is 0.899. The molecule has 0 saturated carbocycles. The maximum Gasteiger partial charge on any atom is 0.101 e. The summed E-state index contributed by atoms with van der Waals surface area (Å²) in [4.78, 5) is 0. The van der Waals surface area contributed by atoms with Gasteiger partial charge in [0, 0.05) is 10.7 Å². The summed E-state index contributed by atoms with van der Waals surface area (Å²) in [6.07, 6.45) is 1.70. The lowest BCUT2D eigenvalue weighted by molar-refractivity contribution is 0.981. The Morgan fingerprint density at radius 3 is 3.00 bits per heavy atom. The molecule has 0 saturated heterocycles. The fourth-order valence-electron chi connectivity index (χ4n) is 1.34. The van der Waals surface area contributed by atoms with E-state index in [4.69, 9.17) is 5.26 Å². The van der Waals surface area contributed by atoms with E-state index in [1.165, 1.54) is 0 Å². The minimum Gasteiger partial charge on any atom is -0.378 e. The molecule has 0 bridgehead atoms. The van der Waals surface area contributed by atoms with Crippen LogP contribution in [-0.2, 0) is 6.54 Å². The smallest absolute Gasteiger partial charge is 0.101 e. The molecule has 0 spiro atoms. The van der Waals surface area contributed by atoms with Gasteiger partial charge in [0.15, 0.2) is 0 Å². The zero-order valence-electron chi connectivity index (χ0n) is 8.37. The van der Waals surface area contributed by atoms with Crippen LogP contribution < -0.4 is 5.32 Å². The number of hydrogen-bond acceptors (Lipinski definition) is 3. The van der Waals surface area contributed by atoms with E-state index < -0.39 is 0 Å². The summed E-state index contributed by atoms with van der Waals surface area (Å²) in [6.45, 7) is 0.621. The average Bonchev–Trinajstić information content (AvgIpc) is 2.80. The van der Waals surface area contributed by atoms with E-state index in [1.54, 1.807) is 12.3 Å². The molecular formula is C11H9BrN4. The molecule has 0 fully saturated rings. The van der Waals surface area contributed by atoms with Crippen LogP contribution in [0.4, 0.5) is 5.69 Å². The standard InChI is InChI=1S/C11H9BrN4/c12-9-1-2-11(8(5-9)6-13)14-7-10-3-4-15-16-10/h1-5,14H,7H2,(H,15,16). The van der Waals surface area contributed by atoms with Gasteiger partial charge in [0.05, 0.1) is 23.5 Å². The minimum absolute atomic E-state index is 0.619. The first kappa shape index (κ1) is 10.7. The number of benzene rings is 1. The fraction of sp³-hybridized carbons (Fsp3) is 0.0909. The fourth-order valence-corrected chi connectivity index (χ4v) is 1.70. The van der Waals surface area contributed by atoms with E-state index >= 15 is 0 Å². The molecule has 0 aliphatic heterocycles. The van der Waals surface area contributed by atoms with Gasteiger partial charge in [-0.3, -0.25) is 5.10 Å². The number of aromatic nitrogens is 2. The Kier molecular flexibility index (Phi) is 3.22. The lowest BCUT2D eigenvalue weighted by atomic mass is 10.2. The Bertz CT molecular complexity index is 513. The molecule has 0 atom stereocenters. The Labute approximate surface area is 101 Å². The highest BCUT2D eigenvalue weighted by molar-refractivity contribution is 9.10. The predicted octanol–water partition coefficient (Wildman–Crippen LogP) is 2.66. The Hall–Kier alpha value is -1.80. The third-order valence-electron chi connectivity index (χ3n) is 2.13.